The van der Waals surface area contributed by atoms with E-state index in [-0.39, 0.29) is 16.5 Å². The molecule has 0 aromatic heterocycles. The second-order valence-corrected chi connectivity index (χ2v) is 9.10. The molecule has 0 saturated carbocycles. The molecule has 23 heavy (non-hydrogen) atoms. The topological polar surface area (TPSA) is 20.3 Å². The van der Waals surface area contributed by atoms with Crippen molar-refractivity contribution in [2.75, 3.05) is 12.3 Å². The second-order valence-electron chi connectivity index (χ2n) is 7.25. The number of aryl methyl sites for hydroxylation is 1. The maximum absolute atomic E-state index is 13.7. The van der Waals surface area contributed by atoms with Gasteiger partial charge in [0, 0.05) is 29.5 Å². The molecule has 4 heteroatoms. The Kier molecular flexibility index (Phi) is 6.51. The number of rotatable bonds is 5. The molecule has 1 fully saturated rings. The summed E-state index contributed by atoms with van der Waals surface area (Å²) in [5, 5.41) is 0. The lowest BCUT2D eigenvalue weighted by molar-refractivity contribution is -0.134. The molecule has 1 atom stereocenters. The van der Waals surface area contributed by atoms with Crippen LogP contribution in [-0.2, 0) is 11.2 Å². The SMILES string of the molecule is CC(C)(C)SC[C@@H]1CCCCN1C(=O)CCc1ccccc1F. The van der Waals surface area contributed by atoms with E-state index in [4.69, 9.17) is 0 Å². The first-order chi connectivity index (χ1) is 10.9. The number of hydrogen-bond acceptors (Lipinski definition) is 2. The van der Waals surface area contributed by atoms with E-state index in [2.05, 4.69) is 20.8 Å². The molecule has 2 nitrogen and oxygen atoms in total. The summed E-state index contributed by atoms with van der Waals surface area (Å²) >= 11 is 1.92. The quantitative estimate of drug-likeness (QED) is 0.778. The van der Waals surface area contributed by atoms with Crippen LogP contribution < -0.4 is 0 Å². The van der Waals surface area contributed by atoms with Gasteiger partial charge in [0.15, 0.2) is 0 Å². The summed E-state index contributed by atoms with van der Waals surface area (Å²) in [5.74, 6) is 0.959. The van der Waals surface area contributed by atoms with Crippen molar-refractivity contribution in [1.29, 1.82) is 0 Å². The van der Waals surface area contributed by atoms with E-state index in [0.717, 1.165) is 25.1 Å². The van der Waals surface area contributed by atoms with Gasteiger partial charge < -0.3 is 4.90 Å². The second kappa shape index (κ2) is 8.18. The molecule has 0 aliphatic carbocycles. The third-order valence-corrected chi connectivity index (χ3v) is 5.64. The Labute approximate surface area is 143 Å². The van der Waals surface area contributed by atoms with Gasteiger partial charge in [-0.15, -0.1) is 0 Å². The van der Waals surface area contributed by atoms with Gasteiger partial charge in [0.25, 0.3) is 0 Å². The zero-order valence-corrected chi connectivity index (χ0v) is 15.3. The Morgan fingerprint density at radius 2 is 2.04 bits per heavy atom. The van der Waals surface area contributed by atoms with E-state index >= 15 is 0 Å². The normalized spacial score (nSPS) is 19.0. The summed E-state index contributed by atoms with van der Waals surface area (Å²) in [6.07, 6.45) is 4.27. The molecule has 1 aromatic rings. The number of amides is 1. The van der Waals surface area contributed by atoms with Crippen LogP contribution >= 0.6 is 11.8 Å². The van der Waals surface area contributed by atoms with Crippen molar-refractivity contribution < 1.29 is 9.18 Å². The van der Waals surface area contributed by atoms with Crippen molar-refractivity contribution in [3.05, 3.63) is 35.6 Å². The molecule has 128 valence electrons. The number of carbonyl (C=O) groups excluding carboxylic acids is 1. The number of thioether (sulfide) groups is 1. The Morgan fingerprint density at radius 3 is 2.74 bits per heavy atom. The predicted molar refractivity (Wildman–Crippen MR) is 96.3 cm³/mol. The Morgan fingerprint density at radius 1 is 1.30 bits per heavy atom. The van der Waals surface area contributed by atoms with E-state index in [1.165, 1.54) is 12.5 Å². The molecule has 0 unspecified atom stereocenters. The lowest BCUT2D eigenvalue weighted by Gasteiger charge is -2.37. The smallest absolute Gasteiger partial charge is 0.223 e. The molecule has 1 heterocycles. The molecule has 0 radical (unpaired) electrons. The molecule has 0 bridgehead atoms. The summed E-state index contributed by atoms with van der Waals surface area (Å²) < 4.78 is 13.9. The molecule has 1 saturated heterocycles. The van der Waals surface area contributed by atoms with Gasteiger partial charge in [-0.3, -0.25) is 4.79 Å². The first kappa shape index (κ1) is 18.3. The Bertz CT molecular complexity index is 526. The summed E-state index contributed by atoms with van der Waals surface area (Å²) in [6.45, 7) is 7.49. The minimum atomic E-state index is -0.209. The highest BCUT2D eigenvalue weighted by molar-refractivity contribution is 8.00. The fourth-order valence-corrected chi connectivity index (χ4v) is 3.97. The standard InChI is InChI=1S/C19H28FNOS/c1-19(2,3)23-14-16-9-6-7-13-21(16)18(22)12-11-15-8-4-5-10-17(15)20/h4-5,8,10,16H,6-7,9,11-14H2,1-3H3/t16-/m0/s1. The number of nitrogens with zero attached hydrogens (tertiary/aromatic N) is 1. The van der Waals surface area contributed by atoms with Crippen LogP contribution in [0.15, 0.2) is 24.3 Å². The maximum Gasteiger partial charge on any atom is 0.223 e. The molecular weight excluding hydrogens is 309 g/mol. The van der Waals surface area contributed by atoms with Gasteiger partial charge in [0.05, 0.1) is 0 Å². The highest BCUT2D eigenvalue weighted by atomic mass is 32.2. The highest BCUT2D eigenvalue weighted by Crippen LogP contribution is 2.29. The van der Waals surface area contributed by atoms with E-state index in [1.54, 1.807) is 12.1 Å². The van der Waals surface area contributed by atoms with E-state index < -0.39 is 0 Å². The van der Waals surface area contributed by atoms with Crippen LogP contribution in [0.2, 0.25) is 0 Å². The Hall–Kier alpha value is -1.03. The monoisotopic (exact) mass is 337 g/mol. The zero-order chi connectivity index (χ0) is 16.9. The van der Waals surface area contributed by atoms with Gasteiger partial charge in [-0.25, -0.2) is 4.39 Å². The molecular formula is C19H28FNOS. The van der Waals surface area contributed by atoms with Gasteiger partial charge in [0.1, 0.15) is 5.82 Å². The van der Waals surface area contributed by atoms with E-state index in [9.17, 15) is 9.18 Å². The first-order valence-electron chi connectivity index (χ1n) is 8.53. The summed E-state index contributed by atoms with van der Waals surface area (Å²) in [5.41, 5.74) is 0.637. The zero-order valence-electron chi connectivity index (χ0n) is 14.5. The number of benzene rings is 1. The van der Waals surface area contributed by atoms with Crippen molar-refractivity contribution in [1.82, 2.24) is 4.90 Å². The maximum atomic E-state index is 13.7. The third kappa shape index (κ3) is 5.83. The highest BCUT2D eigenvalue weighted by Gasteiger charge is 2.27. The molecule has 2 rings (SSSR count). The van der Waals surface area contributed by atoms with Crippen molar-refractivity contribution >= 4 is 17.7 Å². The molecule has 0 spiro atoms. The van der Waals surface area contributed by atoms with Crippen LogP contribution in [0.25, 0.3) is 0 Å². The molecule has 0 N–H and O–H groups in total. The molecule has 1 aliphatic rings. The lowest BCUT2D eigenvalue weighted by Crippen LogP contribution is -2.45. The molecule has 1 aliphatic heterocycles. The van der Waals surface area contributed by atoms with Crippen LogP contribution in [0.4, 0.5) is 4.39 Å². The Balaban J connectivity index is 1.91. The minimum Gasteiger partial charge on any atom is -0.339 e. The summed E-state index contributed by atoms with van der Waals surface area (Å²) in [6, 6.07) is 7.08. The van der Waals surface area contributed by atoms with E-state index in [0.29, 0.717) is 24.4 Å². The fraction of sp³-hybridized carbons (Fsp3) is 0.632. The number of halogens is 1. The van der Waals surface area contributed by atoms with Gasteiger partial charge in [-0.1, -0.05) is 39.0 Å². The van der Waals surface area contributed by atoms with E-state index in [1.807, 2.05) is 22.7 Å². The largest absolute Gasteiger partial charge is 0.339 e. The van der Waals surface area contributed by atoms with Gasteiger partial charge in [-0.2, -0.15) is 11.8 Å². The van der Waals surface area contributed by atoms with Crippen LogP contribution in [0.5, 0.6) is 0 Å². The first-order valence-corrected chi connectivity index (χ1v) is 9.52. The van der Waals surface area contributed by atoms with Crippen molar-refractivity contribution in [2.45, 2.75) is 63.7 Å². The van der Waals surface area contributed by atoms with Gasteiger partial charge in [0.2, 0.25) is 5.91 Å². The lowest BCUT2D eigenvalue weighted by atomic mass is 10.0. The van der Waals surface area contributed by atoms with Gasteiger partial charge in [-0.05, 0) is 37.3 Å². The molecule has 1 amide bonds. The third-order valence-electron chi connectivity index (χ3n) is 4.22. The predicted octanol–water partition coefficient (Wildman–Crippen LogP) is 4.67. The average Bonchev–Trinajstić information content (AvgIpc) is 2.51. The van der Waals surface area contributed by atoms with Crippen LogP contribution in [0, 0.1) is 5.82 Å². The summed E-state index contributed by atoms with van der Waals surface area (Å²) in [7, 11) is 0. The van der Waals surface area contributed by atoms with Crippen LogP contribution in [0.3, 0.4) is 0 Å². The van der Waals surface area contributed by atoms with Crippen LogP contribution in [0.1, 0.15) is 52.0 Å². The number of likely N-dealkylation sites (tertiary alicyclic amines) is 1. The number of piperidine rings is 1. The van der Waals surface area contributed by atoms with Crippen molar-refractivity contribution in [2.24, 2.45) is 0 Å². The average molecular weight is 338 g/mol. The molecule has 1 aromatic carbocycles. The van der Waals surface area contributed by atoms with Crippen molar-refractivity contribution in [3.63, 3.8) is 0 Å². The number of hydrogen-bond donors (Lipinski definition) is 0. The van der Waals surface area contributed by atoms with Crippen molar-refractivity contribution in [3.8, 4) is 0 Å². The fourth-order valence-electron chi connectivity index (χ4n) is 2.93. The summed E-state index contributed by atoms with van der Waals surface area (Å²) in [4.78, 5) is 14.7. The van der Waals surface area contributed by atoms with Crippen LogP contribution in [-0.4, -0.2) is 33.9 Å². The number of carbonyl (C=O) groups is 1. The van der Waals surface area contributed by atoms with Gasteiger partial charge >= 0.3 is 0 Å². The minimum absolute atomic E-state index is 0.174.